The molecule has 4 nitrogen and oxygen atoms in total. The topological polar surface area (TPSA) is 37.6 Å². The third-order valence-corrected chi connectivity index (χ3v) is 5.08. The minimum absolute atomic E-state index is 0.225. The molecule has 1 saturated heterocycles. The van der Waals surface area contributed by atoms with Crippen molar-refractivity contribution in [2.24, 2.45) is 0 Å². The zero-order valence-corrected chi connectivity index (χ0v) is 16.0. The summed E-state index contributed by atoms with van der Waals surface area (Å²) >= 11 is 17.9. The average Bonchev–Trinajstić information content (AvgIpc) is 3.28. The molecule has 0 spiro atoms. The van der Waals surface area contributed by atoms with E-state index in [4.69, 9.17) is 44.6 Å². The summed E-state index contributed by atoms with van der Waals surface area (Å²) in [7, 11) is 0. The van der Waals surface area contributed by atoms with Gasteiger partial charge >= 0.3 is 0 Å². The number of halogens is 2. The fraction of sp³-hybridized carbons (Fsp3) is 0.389. The van der Waals surface area contributed by atoms with Crippen LogP contribution in [0.4, 0.5) is 0 Å². The molecule has 1 atom stereocenters. The SMILES string of the molecule is S=C(NCC1CCCO1)N(Cc1ccco1)Cc1ccc(Cl)cc1Cl. The number of thiocarbonyl (C=S) groups is 1. The van der Waals surface area contributed by atoms with E-state index in [0.29, 0.717) is 34.8 Å². The summed E-state index contributed by atoms with van der Waals surface area (Å²) in [6.07, 6.45) is 4.06. The Morgan fingerprint density at radius 3 is 2.84 bits per heavy atom. The summed E-state index contributed by atoms with van der Waals surface area (Å²) in [4.78, 5) is 2.03. The van der Waals surface area contributed by atoms with Gasteiger partial charge < -0.3 is 19.4 Å². The van der Waals surface area contributed by atoms with Crippen molar-refractivity contribution in [1.82, 2.24) is 10.2 Å². The lowest BCUT2D eigenvalue weighted by Crippen LogP contribution is -2.41. The van der Waals surface area contributed by atoms with E-state index in [-0.39, 0.29) is 6.10 Å². The van der Waals surface area contributed by atoms with Gasteiger partial charge in [-0.1, -0.05) is 29.3 Å². The Morgan fingerprint density at radius 2 is 2.16 bits per heavy atom. The molecule has 1 aliphatic rings. The lowest BCUT2D eigenvalue weighted by atomic mass is 10.2. The highest BCUT2D eigenvalue weighted by Gasteiger charge is 2.18. The van der Waals surface area contributed by atoms with Crippen molar-refractivity contribution in [2.75, 3.05) is 13.2 Å². The summed E-state index contributed by atoms with van der Waals surface area (Å²) in [6, 6.07) is 9.29. The van der Waals surface area contributed by atoms with E-state index in [1.807, 2.05) is 29.2 Å². The van der Waals surface area contributed by atoms with Crippen LogP contribution >= 0.6 is 35.4 Å². The molecule has 1 aromatic carbocycles. The van der Waals surface area contributed by atoms with Crippen LogP contribution in [0.15, 0.2) is 41.0 Å². The Labute approximate surface area is 163 Å². The maximum absolute atomic E-state index is 6.32. The van der Waals surface area contributed by atoms with E-state index < -0.39 is 0 Å². The summed E-state index contributed by atoms with van der Waals surface area (Å²) in [6.45, 7) is 2.66. The Hall–Kier alpha value is -1.27. The van der Waals surface area contributed by atoms with Crippen LogP contribution in [0, 0.1) is 0 Å². The fourth-order valence-electron chi connectivity index (χ4n) is 2.76. The zero-order valence-electron chi connectivity index (χ0n) is 13.7. The van der Waals surface area contributed by atoms with Gasteiger partial charge in [0.25, 0.3) is 0 Å². The molecule has 0 bridgehead atoms. The van der Waals surface area contributed by atoms with Crippen LogP contribution in [0.3, 0.4) is 0 Å². The van der Waals surface area contributed by atoms with Crippen LogP contribution in [0.5, 0.6) is 0 Å². The summed E-state index contributed by atoms with van der Waals surface area (Å²) in [5.41, 5.74) is 0.957. The van der Waals surface area contributed by atoms with Crippen LogP contribution in [0.25, 0.3) is 0 Å². The molecule has 0 amide bonds. The highest BCUT2D eigenvalue weighted by atomic mass is 35.5. The molecule has 1 N–H and O–H groups in total. The van der Waals surface area contributed by atoms with Gasteiger partial charge in [0.1, 0.15) is 5.76 Å². The van der Waals surface area contributed by atoms with E-state index in [1.165, 1.54) is 0 Å². The molecule has 1 aliphatic heterocycles. The first-order valence-electron chi connectivity index (χ1n) is 8.22. The minimum Gasteiger partial charge on any atom is -0.467 e. The molecule has 2 heterocycles. The largest absolute Gasteiger partial charge is 0.467 e. The number of nitrogens with zero attached hydrogens (tertiary/aromatic N) is 1. The molecule has 1 aromatic heterocycles. The number of furan rings is 1. The minimum atomic E-state index is 0.225. The van der Waals surface area contributed by atoms with Gasteiger partial charge in [-0.15, -0.1) is 0 Å². The third kappa shape index (κ3) is 5.35. The van der Waals surface area contributed by atoms with E-state index in [0.717, 1.165) is 30.8 Å². The maximum Gasteiger partial charge on any atom is 0.169 e. The second-order valence-corrected chi connectivity index (χ2v) is 7.22. The van der Waals surface area contributed by atoms with Crippen molar-refractivity contribution >= 4 is 40.5 Å². The number of hydrogen-bond acceptors (Lipinski definition) is 3. The highest BCUT2D eigenvalue weighted by molar-refractivity contribution is 7.80. The molecule has 0 aliphatic carbocycles. The summed E-state index contributed by atoms with van der Waals surface area (Å²) < 4.78 is 11.1. The Morgan fingerprint density at radius 1 is 1.28 bits per heavy atom. The van der Waals surface area contributed by atoms with Gasteiger partial charge in [0, 0.05) is 29.7 Å². The van der Waals surface area contributed by atoms with Crippen LogP contribution in [0.1, 0.15) is 24.2 Å². The molecule has 7 heteroatoms. The number of hydrogen-bond donors (Lipinski definition) is 1. The summed E-state index contributed by atoms with van der Waals surface area (Å²) in [5, 5.41) is 5.20. The van der Waals surface area contributed by atoms with Crippen LogP contribution < -0.4 is 5.32 Å². The first-order chi connectivity index (χ1) is 12.1. The monoisotopic (exact) mass is 398 g/mol. The van der Waals surface area contributed by atoms with Gasteiger partial charge in [-0.25, -0.2) is 0 Å². The quantitative estimate of drug-likeness (QED) is 0.717. The van der Waals surface area contributed by atoms with E-state index >= 15 is 0 Å². The van der Waals surface area contributed by atoms with Gasteiger partial charge in [-0.2, -0.15) is 0 Å². The predicted octanol–water partition coefficient (Wildman–Crippen LogP) is 4.64. The van der Waals surface area contributed by atoms with Crippen LogP contribution in [-0.4, -0.2) is 29.3 Å². The van der Waals surface area contributed by atoms with Crippen molar-refractivity contribution < 1.29 is 9.15 Å². The summed E-state index contributed by atoms with van der Waals surface area (Å²) in [5.74, 6) is 0.839. The second kappa shape index (κ2) is 8.90. The smallest absolute Gasteiger partial charge is 0.169 e. The van der Waals surface area contributed by atoms with Gasteiger partial charge in [0.05, 0.1) is 18.9 Å². The van der Waals surface area contributed by atoms with Crippen molar-refractivity contribution in [3.63, 3.8) is 0 Å². The van der Waals surface area contributed by atoms with Gasteiger partial charge in [-0.05, 0) is 54.9 Å². The van der Waals surface area contributed by atoms with Crippen LogP contribution in [0.2, 0.25) is 10.0 Å². The Balaban J connectivity index is 1.68. The van der Waals surface area contributed by atoms with Crippen molar-refractivity contribution in [3.05, 3.63) is 58.0 Å². The predicted molar refractivity (Wildman–Crippen MR) is 104 cm³/mol. The molecular formula is C18H20Cl2N2O2S. The molecule has 25 heavy (non-hydrogen) atoms. The van der Waals surface area contributed by atoms with Crippen molar-refractivity contribution in [3.8, 4) is 0 Å². The lowest BCUT2D eigenvalue weighted by molar-refractivity contribution is 0.113. The molecule has 2 aromatic rings. The van der Waals surface area contributed by atoms with Gasteiger partial charge in [0.2, 0.25) is 0 Å². The van der Waals surface area contributed by atoms with Gasteiger partial charge in [-0.3, -0.25) is 0 Å². The first kappa shape index (κ1) is 18.5. The van der Waals surface area contributed by atoms with Crippen LogP contribution in [-0.2, 0) is 17.8 Å². The highest BCUT2D eigenvalue weighted by Crippen LogP contribution is 2.23. The molecule has 0 saturated carbocycles. The van der Waals surface area contributed by atoms with Gasteiger partial charge in [0.15, 0.2) is 5.11 Å². The average molecular weight is 399 g/mol. The second-order valence-electron chi connectivity index (χ2n) is 5.99. The molecular weight excluding hydrogens is 379 g/mol. The van der Waals surface area contributed by atoms with Crippen molar-refractivity contribution in [1.29, 1.82) is 0 Å². The number of ether oxygens (including phenoxy) is 1. The lowest BCUT2D eigenvalue weighted by Gasteiger charge is -2.26. The molecule has 134 valence electrons. The number of benzene rings is 1. The standard InChI is InChI=1S/C18H20Cl2N2O2S/c19-14-6-5-13(17(20)9-14)11-22(12-16-4-2-8-24-16)18(25)21-10-15-3-1-7-23-15/h2,4-6,8-9,15H,1,3,7,10-12H2,(H,21,25). The van der Waals surface area contributed by atoms with Crippen molar-refractivity contribution in [2.45, 2.75) is 32.0 Å². The number of nitrogens with one attached hydrogen (secondary N) is 1. The third-order valence-electron chi connectivity index (χ3n) is 4.10. The Kier molecular flexibility index (Phi) is 6.59. The molecule has 1 unspecified atom stereocenters. The van der Waals surface area contributed by atoms with E-state index in [1.54, 1.807) is 12.3 Å². The maximum atomic E-state index is 6.32. The molecule has 0 radical (unpaired) electrons. The van der Waals surface area contributed by atoms with E-state index in [2.05, 4.69) is 5.32 Å². The van der Waals surface area contributed by atoms with E-state index in [9.17, 15) is 0 Å². The zero-order chi connectivity index (χ0) is 17.6. The molecule has 1 fully saturated rings. The number of rotatable bonds is 6. The normalized spacial score (nSPS) is 16.8. The fourth-order valence-corrected chi connectivity index (χ4v) is 3.44. The first-order valence-corrected chi connectivity index (χ1v) is 9.39. The molecule has 3 rings (SSSR count). The Bertz CT molecular complexity index is 703.